The average molecular weight is 379 g/mol. The summed E-state index contributed by atoms with van der Waals surface area (Å²) in [4.78, 5) is 17.2. The first-order valence-electron chi connectivity index (χ1n) is 7.94. The fourth-order valence-electron chi connectivity index (χ4n) is 2.27. The number of nitrogens with zero attached hydrogens (tertiary/aromatic N) is 4. The standard InChI is InChI=1S/C17H16F3N5S/c1-3-12-9-22-16(26-12)10(2)23-14-8-13(17(18,19)20)24-15(25-14)11-4-6-21-7-5-11/h4-10H,3H2,1-2H3,(H,23,24,25). The summed E-state index contributed by atoms with van der Waals surface area (Å²) in [6.45, 7) is 3.86. The van der Waals surface area contributed by atoms with Crippen molar-refractivity contribution in [2.45, 2.75) is 32.5 Å². The number of alkyl halides is 3. The van der Waals surface area contributed by atoms with Gasteiger partial charge in [0.2, 0.25) is 0 Å². The van der Waals surface area contributed by atoms with E-state index in [-0.39, 0.29) is 17.7 Å². The van der Waals surface area contributed by atoms with Crippen molar-refractivity contribution in [3.63, 3.8) is 0 Å². The lowest BCUT2D eigenvalue weighted by molar-refractivity contribution is -0.141. The van der Waals surface area contributed by atoms with Gasteiger partial charge in [0.15, 0.2) is 11.5 Å². The number of aryl methyl sites for hydroxylation is 1. The van der Waals surface area contributed by atoms with E-state index in [1.807, 2.05) is 13.8 Å². The molecule has 0 aliphatic carbocycles. The van der Waals surface area contributed by atoms with E-state index >= 15 is 0 Å². The van der Waals surface area contributed by atoms with Gasteiger partial charge in [-0.1, -0.05) is 6.92 Å². The molecule has 0 aromatic carbocycles. The van der Waals surface area contributed by atoms with Gasteiger partial charge in [0.05, 0.1) is 6.04 Å². The van der Waals surface area contributed by atoms with Crippen LogP contribution in [0, 0.1) is 0 Å². The van der Waals surface area contributed by atoms with Gasteiger partial charge in [-0.15, -0.1) is 11.3 Å². The van der Waals surface area contributed by atoms with Crippen LogP contribution in [-0.4, -0.2) is 19.9 Å². The second-order valence-electron chi connectivity index (χ2n) is 5.58. The molecular formula is C17H16F3N5S. The summed E-state index contributed by atoms with van der Waals surface area (Å²) >= 11 is 1.52. The van der Waals surface area contributed by atoms with Crippen LogP contribution in [0.5, 0.6) is 0 Å². The van der Waals surface area contributed by atoms with Crippen LogP contribution < -0.4 is 5.32 Å². The lowest BCUT2D eigenvalue weighted by Gasteiger charge is -2.15. The quantitative estimate of drug-likeness (QED) is 0.693. The number of thiazole rings is 1. The maximum Gasteiger partial charge on any atom is 0.433 e. The average Bonchev–Trinajstić information content (AvgIpc) is 3.11. The largest absolute Gasteiger partial charge is 0.433 e. The number of hydrogen-bond donors (Lipinski definition) is 1. The molecule has 0 aliphatic heterocycles. The van der Waals surface area contributed by atoms with Crippen LogP contribution >= 0.6 is 11.3 Å². The van der Waals surface area contributed by atoms with Gasteiger partial charge in [-0.2, -0.15) is 13.2 Å². The van der Waals surface area contributed by atoms with Crippen LogP contribution in [-0.2, 0) is 12.6 Å². The van der Waals surface area contributed by atoms with E-state index in [1.165, 1.54) is 23.7 Å². The lowest BCUT2D eigenvalue weighted by Crippen LogP contribution is -2.13. The Kier molecular flexibility index (Phi) is 5.17. The normalized spacial score (nSPS) is 12.8. The Hall–Kier alpha value is -2.55. The Balaban J connectivity index is 1.95. The van der Waals surface area contributed by atoms with Gasteiger partial charge in [-0.05, 0) is 25.5 Å². The highest BCUT2D eigenvalue weighted by Crippen LogP contribution is 2.32. The van der Waals surface area contributed by atoms with E-state index in [0.29, 0.717) is 5.56 Å². The molecule has 0 bridgehead atoms. The summed E-state index contributed by atoms with van der Waals surface area (Å²) in [5.41, 5.74) is -0.535. The maximum absolute atomic E-state index is 13.2. The van der Waals surface area contributed by atoms with E-state index < -0.39 is 11.9 Å². The van der Waals surface area contributed by atoms with Crippen LogP contribution in [0.1, 0.15) is 35.5 Å². The third kappa shape index (κ3) is 4.16. The third-order valence-electron chi connectivity index (χ3n) is 3.61. The van der Waals surface area contributed by atoms with Crippen molar-refractivity contribution >= 4 is 17.2 Å². The predicted octanol–water partition coefficient (Wildman–Crippen LogP) is 4.75. The minimum absolute atomic E-state index is 0.00897. The molecule has 136 valence electrons. The second kappa shape index (κ2) is 7.36. The molecular weight excluding hydrogens is 363 g/mol. The van der Waals surface area contributed by atoms with Gasteiger partial charge < -0.3 is 5.32 Å². The second-order valence-corrected chi connectivity index (χ2v) is 6.73. The maximum atomic E-state index is 13.2. The lowest BCUT2D eigenvalue weighted by atomic mass is 10.2. The van der Waals surface area contributed by atoms with Gasteiger partial charge in [-0.3, -0.25) is 4.98 Å². The fraction of sp³-hybridized carbons (Fsp3) is 0.294. The zero-order chi connectivity index (χ0) is 18.7. The van der Waals surface area contributed by atoms with E-state index in [9.17, 15) is 13.2 Å². The molecule has 0 radical (unpaired) electrons. The molecule has 1 unspecified atom stereocenters. The number of aromatic nitrogens is 4. The summed E-state index contributed by atoms with van der Waals surface area (Å²) in [5.74, 6) is 0.0881. The third-order valence-corrected chi connectivity index (χ3v) is 4.93. The first-order valence-corrected chi connectivity index (χ1v) is 8.76. The zero-order valence-corrected chi connectivity index (χ0v) is 14.9. The molecule has 1 atom stereocenters. The van der Waals surface area contributed by atoms with E-state index in [4.69, 9.17) is 0 Å². The summed E-state index contributed by atoms with van der Waals surface area (Å²) in [5, 5.41) is 3.79. The SMILES string of the molecule is CCc1cnc(C(C)Nc2cc(C(F)(F)F)nc(-c3ccncc3)n2)s1. The molecule has 3 rings (SSSR count). The summed E-state index contributed by atoms with van der Waals surface area (Å²) in [6.07, 6.45) is 1.04. The summed E-state index contributed by atoms with van der Waals surface area (Å²) in [7, 11) is 0. The smallest absolute Gasteiger partial charge is 0.361 e. The Labute approximate surface area is 152 Å². The Morgan fingerprint density at radius 3 is 2.54 bits per heavy atom. The van der Waals surface area contributed by atoms with Crippen molar-refractivity contribution in [3.8, 4) is 11.4 Å². The first kappa shape index (κ1) is 18.2. The number of halogens is 3. The monoisotopic (exact) mass is 379 g/mol. The highest BCUT2D eigenvalue weighted by atomic mass is 32.1. The predicted molar refractivity (Wildman–Crippen MR) is 93.8 cm³/mol. The molecule has 0 amide bonds. The van der Waals surface area contributed by atoms with Crippen LogP contribution in [0.3, 0.4) is 0 Å². The highest BCUT2D eigenvalue weighted by Gasteiger charge is 2.34. The Morgan fingerprint density at radius 2 is 1.92 bits per heavy atom. The van der Waals surface area contributed by atoms with Crippen LogP contribution in [0.4, 0.5) is 19.0 Å². The molecule has 3 aromatic heterocycles. The Morgan fingerprint density at radius 1 is 1.19 bits per heavy atom. The van der Waals surface area contributed by atoms with E-state index in [0.717, 1.165) is 22.4 Å². The molecule has 0 saturated carbocycles. The van der Waals surface area contributed by atoms with Crippen LogP contribution in [0.25, 0.3) is 11.4 Å². The molecule has 3 heterocycles. The molecule has 0 aliphatic rings. The van der Waals surface area contributed by atoms with Crippen molar-refractivity contribution in [3.05, 3.63) is 52.4 Å². The van der Waals surface area contributed by atoms with Crippen molar-refractivity contribution in [1.29, 1.82) is 0 Å². The van der Waals surface area contributed by atoms with E-state index in [2.05, 4.69) is 25.3 Å². The van der Waals surface area contributed by atoms with Crippen LogP contribution in [0.15, 0.2) is 36.8 Å². The molecule has 0 fully saturated rings. The van der Waals surface area contributed by atoms with Gasteiger partial charge in [-0.25, -0.2) is 15.0 Å². The van der Waals surface area contributed by atoms with Crippen molar-refractivity contribution in [2.75, 3.05) is 5.32 Å². The van der Waals surface area contributed by atoms with E-state index in [1.54, 1.807) is 18.3 Å². The topological polar surface area (TPSA) is 63.6 Å². The van der Waals surface area contributed by atoms with Gasteiger partial charge in [0.25, 0.3) is 0 Å². The minimum atomic E-state index is -4.57. The summed E-state index contributed by atoms with van der Waals surface area (Å²) < 4.78 is 39.7. The molecule has 5 nitrogen and oxygen atoms in total. The van der Waals surface area contributed by atoms with Crippen molar-refractivity contribution in [1.82, 2.24) is 19.9 Å². The van der Waals surface area contributed by atoms with Crippen molar-refractivity contribution < 1.29 is 13.2 Å². The molecule has 0 spiro atoms. The van der Waals surface area contributed by atoms with Gasteiger partial charge >= 0.3 is 6.18 Å². The molecule has 26 heavy (non-hydrogen) atoms. The molecule has 0 saturated heterocycles. The first-order chi connectivity index (χ1) is 12.4. The Bertz CT molecular complexity index is 880. The number of anilines is 1. The fourth-order valence-corrected chi connectivity index (χ4v) is 3.13. The number of rotatable bonds is 5. The number of hydrogen-bond acceptors (Lipinski definition) is 6. The van der Waals surface area contributed by atoms with Gasteiger partial charge in [0.1, 0.15) is 10.8 Å². The van der Waals surface area contributed by atoms with Crippen LogP contribution in [0.2, 0.25) is 0 Å². The van der Waals surface area contributed by atoms with Gasteiger partial charge in [0, 0.05) is 35.1 Å². The van der Waals surface area contributed by atoms with Crippen molar-refractivity contribution in [2.24, 2.45) is 0 Å². The summed E-state index contributed by atoms with van der Waals surface area (Å²) in [6, 6.07) is 3.77. The number of nitrogens with one attached hydrogen (secondary N) is 1. The number of pyridine rings is 1. The molecule has 1 N–H and O–H groups in total. The zero-order valence-electron chi connectivity index (χ0n) is 14.1. The minimum Gasteiger partial charge on any atom is -0.361 e. The highest BCUT2D eigenvalue weighted by molar-refractivity contribution is 7.11. The molecule has 9 heteroatoms. The molecule has 3 aromatic rings.